The van der Waals surface area contributed by atoms with Gasteiger partial charge in [0.05, 0.1) is 36.4 Å². The minimum atomic E-state index is -0.324. The summed E-state index contributed by atoms with van der Waals surface area (Å²) in [6, 6.07) is 11.9. The molecule has 2 aliphatic heterocycles. The topological polar surface area (TPSA) is 76.2 Å². The van der Waals surface area contributed by atoms with Crippen LogP contribution in [-0.4, -0.2) is 60.9 Å². The number of methoxy groups -OCH3 is 1. The van der Waals surface area contributed by atoms with Gasteiger partial charge in [-0.15, -0.1) is 0 Å². The van der Waals surface area contributed by atoms with E-state index in [4.69, 9.17) is 9.47 Å². The zero-order chi connectivity index (χ0) is 21.3. The summed E-state index contributed by atoms with van der Waals surface area (Å²) in [6.07, 6.45) is 1.99. The Kier molecular flexibility index (Phi) is 5.55. The number of carbonyl (C=O) groups is 3. The number of nitrogens with zero attached hydrogens (tertiary/aromatic N) is 2. The summed E-state index contributed by atoms with van der Waals surface area (Å²) in [5, 5.41) is 0. The highest BCUT2D eigenvalue weighted by molar-refractivity contribution is 6.21. The standard InChI is InChI=1S/C23H24N2O5/c1-24(14-16-6-5-11-30-16)21(26)19-12-15(9-10-20(19)29-2)13-25-22(27)17-7-3-4-8-18(17)23(25)28/h3-4,7-10,12,16H,5-6,11,13-14H2,1-2H3. The van der Waals surface area contributed by atoms with Crippen molar-refractivity contribution in [1.82, 2.24) is 9.80 Å². The highest BCUT2D eigenvalue weighted by atomic mass is 16.5. The molecule has 2 heterocycles. The number of carbonyl (C=O) groups excluding carboxylic acids is 3. The molecule has 7 heteroatoms. The van der Waals surface area contributed by atoms with Gasteiger partial charge in [-0.2, -0.15) is 0 Å². The lowest BCUT2D eigenvalue weighted by Gasteiger charge is -2.22. The number of likely N-dealkylation sites (N-methyl/N-ethyl adjacent to an activating group) is 1. The molecule has 156 valence electrons. The highest BCUT2D eigenvalue weighted by Crippen LogP contribution is 2.27. The number of hydrogen-bond acceptors (Lipinski definition) is 5. The molecule has 1 atom stereocenters. The van der Waals surface area contributed by atoms with Crippen molar-refractivity contribution in [2.75, 3.05) is 27.3 Å². The van der Waals surface area contributed by atoms with Gasteiger partial charge >= 0.3 is 0 Å². The van der Waals surface area contributed by atoms with E-state index in [0.717, 1.165) is 19.4 Å². The Bertz CT molecular complexity index is 962. The van der Waals surface area contributed by atoms with Gasteiger partial charge in [-0.3, -0.25) is 19.3 Å². The average molecular weight is 408 g/mol. The predicted molar refractivity (Wildman–Crippen MR) is 110 cm³/mol. The van der Waals surface area contributed by atoms with Crippen LogP contribution in [0, 0.1) is 0 Å². The predicted octanol–water partition coefficient (Wildman–Crippen LogP) is 2.74. The number of amides is 3. The van der Waals surface area contributed by atoms with Gasteiger partial charge in [-0.1, -0.05) is 18.2 Å². The molecule has 1 unspecified atom stereocenters. The van der Waals surface area contributed by atoms with E-state index in [0.29, 0.717) is 34.5 Å². The van der Waals surface area contributed by atoms with Crippen molar-refractivity contribution in [2.45, 2.75) is 25.5 Å². The lowest BCUT2D eigenvalue weighted by Crippen LogP contribution is -2.34. The van der Waals surface area contributed by atoms with E-state index < -0.39 is 0 Å². The summed E-state index contributed by atoms with van der Waals surface area (Å²) >= 11 is 0. The zero-order valence-electron chi connectivity index (χ0n) is 17.1. The Labute approximate surface area is 175 Å². The summed E-state index contributed by atoms with van der Waals surface area (Å²) in [5.41, 5.74) is 1.89. The first-order chi connectivity index (χ1) is 14.5. The Morgan fingerprint density at radius 2 is 1.87 bits per heavy atom. The second-order valence-corrected chi connectivity index (χ2v) is 7.60. The van der Waals surface area contributed by atoms with E-state index in [1.54, 1.807) is 54.4 Å². The van der Waals surface area contributed by atoms with E-state index in [1.807, 2.05) is 0 Å². The normalized spacial score (nSPS) is 17.9. The van der Waals surface area contributed by atoms with Crippen LogP contribution >= 0.6 is 0 Å². The molecule has 2 aromatic rings. The van der Waals surface area contributed by atoms with Crippen LogP contribution in [0.1, 0.15) is 49.5 Å². The van der Waals surface area contributed by atoms with Gasteiger partial charge in [-0.05, 0) is 42.7 Å². The molecule has 1 fully saturated rings. The molecule has 0 aliphatic carbocycles. The quantitative estimate of drug-likeness (QED) is 0.687. The third-order valence-corrected chi connectivity index (χ3v) is 5.56. The lowest BCUT2D eigenvalue weighted by atomic mass is 10.1. The van der Waals surface area contributed by atoms with E-state index in [1.165, 1.54) is 12.0 Å². The van der Waals surface area contributed by atoms with Gasteiger partial charge in [0.25, 0.3) is 17.7 Å². The lowest BCUT2D eigenvalue weighted by molar-refractivity contribution is 0.0584. The number of imide groups is 1. The molecule has 0 bridgehead atoms. The molecular formula is C23H24N2O5. The molecule has 0 saturated carbocycles. The zero-order valence-corrected chi connectivity index (χ0v) is 17.1. The molecule has 2 aliphatic rings. The molecule has 0 N–H and O–H groups in total. The minimum absolute atomic E-state index is 0.0477. The van der Waals surface area contributed by atoms with Crippen molar-refractivity contribution < 1.29 is 23.9 Å². The van der Waals surface area contributed by atoms with E-state index in [-0.39, 0.29) is 30.4 Å². The molecule has 1 saturated heterocycles. The number of hydrogen-bond donors (Lipinski definition) is 0. The van der Waals surface area contributed by atoms with Crippen molar-refractivity contribution in [3.8, 4) is 5.75 Å². The second kappa shape index (κ2) is 8.28. The van der Waals surface area contributed by atoms with Gasteiger partial charge in [0.2, 0.25) is 0 Å². The van der Waals surface area contributed by atoms with Gasteiger partial charge in [0, 0.05) is 20.2 Å². The van der Waals surface area contributed by atoms with Crippen molar-refractivity contribution in [1.29, 1.82) is 0 Å². The Balaban J connectivity index is 1.55. The molecule has 30 heavy (non-hydrogen) atoms. The third-order valence-electron chi connectivity index (χ3n) is 5.56. The summed E-state index contributed by atoms with van der Waals surface area (Å²) < 4.78 is 11.0. The average Bonchev–Trinajstić information content (AvgIpc) is 3.36. The maximum Gasteiger partial charge on any atom is 0.261 e. The van der Waals surface area contributed by atoms with Crippen LogP contribution in [0.3, 0.4) is 0 Å². The van der Waals surface area contributed by atoms with E-state index >= 15 is 0 Å². The maximum atomic E-state index is 13.1. The molecular weight excluding hydrogens is 384 g/mol. The van der Waals surface area contributed by atoms with Crippen LogP contribution in [0.25, 0.3) is 0 Å². The summed E-state index contributed by atoms with van der Waals surface area (Å²) in [7, 11) is 3.25. The largest absolute Gasteiger partial charge is 0.496 e. The van der Waals surface area contributed by atoms with Crippen LogP contribution in [0.2, 0.25) is 0 Å². The Morgan fingerprint density at radius 3 is 2.47 bits per heavy atom. The molecule has 0 aromatic heterocycles. The maximum absolute atomic E-state index is 13.1. The third kappa shape index (κ3) is 3.68. The van der Waals surface area contributed by atoms with E-state index in [2.05, 4.69) is 0 Å². The number of fused-ring (bicyclic) bond motifs is 1. The van der Waals surface area contributed by atoms with Crippen LogP contribution in [-0.2, 0) is 11.3 Å². The van der Waals surface area contributed by atoms with Crippen molar-refractivity contribution in [2.24, 2.45) is 0 Å². The van der Waals surface area contributed by atoms with Gasteiger partial charge in [0.1, 0.15) is 5.75 Å². The fourth-order valence-electron chi connectivity index (χ4n) is 3.97. The van der Waals surface area contributed by atoms with Crippen LogP contribution < -0.4 is 4.74 Å². The second-order valence-electron chi connectivity index (χ2n) is 7.60. The summed E-state index contributed by atoms with van der Waals surface area (Å²) in [5.74, 6) is -0.388. The first-order valence-electron chi connectivity index (χ1n) is 9.99. The van der Waals surface area contributed by atoms with Gasteiger partial charge in [0.15, 0.2) is 0 Å². The first-order valence-corrected chi connectivity index (χ1v) is 9.99. The summed E-state index contributed by atoms with van der Waals surface area (Å²) in [6.45, 7) is 1.32. The van der Waals surface area contributed by atoms with Gasteiger partial charge in [-0.25, -0.2) is 0 Å². The monoisotopic (exact) mass is 408 g/mol. The number of ether oxygens (including phenoxy) is 2. The molecule has 7 nitrogen and oxygen atoms in total. The van der Waals surface area contributed by atoms with Crippen molar-refractivity contribution in [3.05, 3.63) is 64.7 Å². The van der Waals surface area contributed by atoms with Gasteiger partial charge < -0.3 is 14.4 Å². The molecule has 0 spiro atoms. The Morgan fingerprint density at radius 1 is 1.17 bits per heavy atom. The number of benzene rings is 2. The molecule has 3 amide bonds. The van der Waals surface area contributed by atoms with Crippen molar-refractivity contribution in [3.63, 3.8) is 0 Å². The SMILES string of the molecule is COc1ccc(CN2C(=O)c3ccccc3C2=O)cc1C(=O)N(C)CC1CCCO1. The smallest absolute Gasteiger partial charge is 0.261 e. The first kappa shape index (κ1) is 20.1. The van der Waals surface area contributed by atoms with E-state index in [9.17, 15) is 14.4 Å². The molecule has 0 radical (unpaired) electrons. The highest BCUT2D eigenvalue weighted by Gasteiger charge is 2.35. The van der Waals surface area contributed by atoms with Crippen LogP contribution in [0.5, 0.6) is 5.75 Å². The molecule has 2 aromatic carbocycles. The van der Waals surface area contributed by atoms with Crippen LogP contribution in [0.15, 0.2) is 42.5 Å². The fraction of sp³-hybridized carbons (Fsp3) is 0.348. The summed E-state index contributed by atoms with van der Waals surface area (Å²) in [4.78, 5) is 41.2. The van der Waals surface area contributed by atoms with Crippen LogP contribution in [0.4, 0.5) is 0 Å². The Hall–Kier alpha value is -3.19. The van der Waals surface area contributed by atoms with Crippen molar-refractivity contribution >= 4 is 17.7 Å². The fourth-order valence-corrected chi connectivity index (χ4v) is 3.97. The number of rotatable bonds is 6. The molecule has 4 rings (SSSR count). The minimum Gasteiger partial charge on any atom is -0.496 e.